The van der Waals surface area contributed by atoms with E-state index in [0.717, 1.165) is 30.8 Å². The first-order valence-electron chi connectivity index (χ1n) is 6.78. The molecule has 0 spiro atoms. The summed E-state index contributed by atoms with van der Waals surface area (Å²) in [5.74, 6) is 1.08. The number of aromatic nitrogens is 2. The van der Waals surface area contributed by atoms with Crippen LogP contribution in [0.15, 0.2) is 30.6 Å². The molecule has 0 radical (unpaired) electrons. The molecule has 2 rings (SSSR count). The maximum atomic E-state index is 6.10. The Morgan fingerprint density at radius 1 is 1.30 bits per heavy atom. The zero-order chi connectivity index (χ0) is 14.5. The summed E-state index contributed by atoms with van der Waals surface area (Å²) in [4.78, 5) is 4.45. The average molecular weight is 312 g/mol. The van der Waals surface area contributed by atoms with Crippen molar-refractivity contribution in [3.8, 4) is 0 Å². The second-order valence-corrected chi connectivity index (χ2v) is 5.57. The van der Waals surface area contributed by atoms with Crippen molar-refractivity contribution in [3.63, 3.8) is 0 Å². The number of nitrogens with zero attached hydrogens (tertiary/aromatic N) is 2. The molecule has 108 valence electrons. The lowest BCUT2D eigenvalue weighted by atomic mass is 10.0. The number of rotatable bonds is 6. The SMILES string of the molecule is CCCn1ccnc1CC(NC)c1ccc(Cl)c(Cl)c1. The van der Waals surface area contributed by atoms with Crippen LogP contribution in [0.25, 0.3) is 0 Å². The van der Waals surface area contributed by atoms with Gasteiger partial charge in [-0.3, -0.25) is 0 Å². The molecule has 1 aromatic heterocycles. The molecule has 3 nitrogen and oxygen atoms in total. The Morgan fingerprint density at radius 2 is 2.10 bits per heavy atom. The maximum absolute atomic E-state index is 6.10. The van der Waals surface area contributed by atoms with Crippen LogP contribution >= 0.6 is 23.2 Å². The van der Waals surface area contributed by atoms with E-state index in [9.17, 15) is 0 Å². The van der Waals surface area contributed by atoms with Crippen LogP contribution in [0.3, 0.4) is 0 Å². The van der Waals surface area contributed by atoms with E-state index in [2.05, 4.69) is 21.8 Å². The molecule has 1 atom stereocenters. The van der Waals surface area contributed by atoms with E-state index in [1.807, 2.05) is 37.6 Å². The molecular weight excluding hydrogens is 293 g/mol. The molecule has 1 N–H and O–H groups in total. The standard InChI is InChI=1S/C15H19Cl2N3/c1-3-7-20-8-6-19-15(20)10-14(18-2)11-4-5-12(16)13(17)9-11/h4-6,8-9,14,18H,3,7,10H2,1-2H3. The van der Waals surface area contributed by atoms with Gasteiger partial charge < -0.3 is 9.88 Å². The summed E-state index contributed by atoms with van der Waals surface area (Å²) >= 11 is 12.1. The molecule has 0 saturated heterocycles. The summed E-state index contributed by atoms with van der Waals surface area (Å²) in [7, 11) is 1.94. The number of halogens is 2. The predicted molar refractivity (Wildman–Crippen MR) is 84.5 cm³/mol. The first kappa shape index (κ1) is 15.4. The van der Waals surface area contributed by atoms with E-state index >= 15 is 0 Å². The van der Waals surface area contributed by atoms with Crippen molar-refractivity contribution in [1.82, 2.24) is 14.9 Å². The summed E-state index contributed by atoms with van der Waals surface area (Å²) in [5, 5.41) is 4.48. The molecule has 1 unspecified atom stereocenters. The summed E-state index contributed by atoms with van der Waals surface area (Å²) in [5.41, 5.74) is 1.12. The minimum atomic E-state index is 0.169. The molecule has 0 fully saturated rings. The monoisotopic (exact) mass is 311 g/mol. The zero-order valence-corrected chi connectivity index (χ0v) is 13.2. The fourth-order valence-electron chi connectivity index (χ4n) is 2.27. The maximum Gasteiger partial charge on any atom is 0.110 e. The molecule has 1 heterocycles. The lowest BCUT2D eigenvalue weighted by Gasteiger charge is -2.18. The quantitative estimate of drug-likeness (QED) is 0.870. The first-order chi connectivity index (χ1) is 9.65. The van der Waals surface area contributed by atoms with Crippen molar-refractivity contribution in [2.75, 3.05) is 7.05 Å². The summed E-state index contributed by atoms with van der Waals surface area (Å²) < 4.78 is 2.20. The van der Waals surface area contributed by atoms with Gasteiger partial charge in [0.1, 0.15) is 5.82 Å². The number of benzene rings is 1. The van der Waals surface area contributed by atoms with Crippen LogP contribution in [0.1, 0.15) is 30.8 Å². The van der Waals surface area contributed by atoms with E-state index in [1.54, 1.807) is 0 Å². The molecule has 0 aliphatic heterocycles. The van der Waals surface area contributed by atoms with E-state index < -0.39 is 0 Å². The highest BCUT2D eigenvalue weighted by Gasteiger charge is 2.14. The molecule has 0 aliphatic rings. The van der Waals surface area contributed by atoms with Crippen LogP contribution in [0.5, 0.6) is 0 Å². The van der Waals surface area contributed by atoms with Crippen LogP contribution in [0, 0.1) is 0 Å². The van der Waals surface area contributed by atoms with Gasteiger partial charge in [-0.05, 0) is 31.2 Å². The summed E-state index contributed by atoms with van der Waals surface area (Å²) in [6, 6.07) is 5.92. The number of hydrogen-bond donors (Lipinski definition) is 1. The molecule has 2 aromatic rings. The summed E-state index contributed by atoms with van der Waals surface area (Å²) in [6.07, 6.45) is 5.80. The Kier molecular flexibility index (Phi) is 5.46. The topological polar surface area (TPSA) is 29.9 Å². The van der Waals surface area contributed by atoms with Crippen molar-refractivity contribution in [2.24, 2.45) is 0 Å². The fraction of sp³-hybridized carbons (Fsp3) is 0.400. The Balaban J connectivity index is 2.19. The number of imidazole rings is 1. The number of nitrogens with one attached hydrogen (secondary N) is 1. The van der Waals surface area contributed by atoms with Gasteiger partial charge in [0.15, 0.2) is 0 Å². The Morgan fingerprint density at radius 3 is 2.75 bits per heavy atom. The summed E-state index contributed by atoms with van der Waals surface area (Å²) in [6.45, 7) is 3.16. The van der Waals surface area contributed by atoms with Gasteiger partial charge in [-0.2, -0.15) is 0 Å². The second kappa shape index (κ2) is 7.11. The van der Waals surface area contributed by atoms with Crippen LogP contribution < -0.4 is 5.32 Å². The van der Waals surface area contributed by atoms with E-state index in [0.29, 0.717) is 10.0 Å². The molecule has 0 amide bonds. The highest BCUT2D eigenvalue weighted by Crippen LogP contribution is 2.27. The van der Waals surface area contributed by atoms with E-state index in [1.165, 1.54) is 0 Å². The Hall–Kier alpha value is -1.03. The zero-order valence-electron chi connectivity index (χ0n) is 11.7. The van der Waals surface area contributed by atoms with Crippen LogP contribution in [-0.4, -0.2) is 16.6 Å². The highest BCUT2D eigenvalue weighted by atomic mass is 35.5. The number of hydrogen-bond acceptors (Lipinski definition) is 2. The second-order valence-electron chi connectivity index (χ2n) is 4.76. The van der Waals surface area contributed by atoms with Gasteiger partial charge >= 0.3 is 0 Å². The van der Waals surface area contributed by atoms with Gasteiger partial charge in [-0.1, -0.05) is 36.2 Å². The van der Waals surface area contributed by atoms with Crippen molar-refractivity contribution in [3.05, 3.63) is 52.0 Å². The molecule has 0 bridgehead atoms. The lowest BCUT2D eigenvalue weighted by molar-refractivity contribution is 0.543. The largest absolute Gasteiger partial charge is 0.335 e. The van der Waals surface area contributed by atoms with Crippen molar-refractivity contribution >= 4 is 23.2 Å². The average Bonchev–Trinajstić information content (AvgIpc) is 2.87. The Bertz CT molecular complexity index is 566. The molecular formula is C15H19Cl2N3. The lowest BCUT2D eigenvalue weighted by Crippen LogP contribution is -2.21. The molecule has 5 heteroatoms. The minimum absolute atomic E-state index is 0.169. The minimum Gasteiger partial charge on any atom is -0.335 e. The first-order valence-corrected chi connectivity index (χ1v) is 7.53. The third-order valence-electron chi connectivity index (χ3n) is 3.35. The van der Waals surface area contributed by atoms with E-state index in [-0.39, 0.29) is 6.04 Å². The highest BCUT2D eigenvalue weighted by molar-refractivity contribution is 6.42. The molecule has 0 saturated carbocycles. The van der Waals surface area contributed by atoms with Crippen molar-refractivity contribution < 1.29 is 0 Å². The smallest absolute Gasteiger partial charge is 0.110 e. The van der Waals surface area contributed by atoms with Gasteiger partial charge in [0.2, 0.25) is 0 Å². The van der Waals surface area contributed by atoms with Gasteiger partial charge in [-0.15, -0.1) is 0 Å². The normalized spacial score (nSPS) is 12.6. The predicted octanol–water partition coefficient (Wildman–Crippen LogP) is 4.10. The van der Waals surface area contributed by atoms with Gasteiger partial charge in [0, 0.05) is 31.4 Å². The van der Waals surface area contributed by atoms with Crippen molar-refractivity contribution in [1.29, 1.82) is 0 Å². The van der Waals surface area contributed by atoms with E-state index in [4.69, 9.17) is 23.2 Å². The van der Waals surface area contributed by atoms with Crippen molar-refractivity contribution in [2.45, 2.75) is 32.4 Å². The third-order valence-corrected chi connectivity index (χ3v) is 4.09. The van der Waals surface area contributed by atoms with Gasteiger partial charge in [0.25, 0.3) is 0 Å². The number of aryl methyl sites for hydroxylation is 1. The molecule has 1 aromatic carbocycles. The van der Waals surface area contributed by atoms with Gasteiger partial charge in [-0.25, -0.2) is 4.98 Å². The Labute approximate surface area is 129 Å². The van der Waals surface area contributed by atoms with Gasteiger partial charge in [0.05, 0.1) is 10.0 Å². The fourth-order valence-corrected chi connectivity index (χ4v) is 2.58. The molecule has 20 heavy (non-hydrogen) atoms. The third kappa shape index (κ3) is 3.54. The van der Waals surface area contributed by atoms with Crippen LogP contribution in [0.2, 0.25) is 10.0 Å². The molecule has 0 aliphatic carbocycles. The number of likely N-dealkylation sites (N-methyl/N-ethyl adjacent to an activating group) is 1. The van der Waals surface area contributed by atoms with Crippen LogP contribution in [0.4, 0.5) is 0 Å². The van der Waals surface area contributed by atoms with Crippen LogP contribution in [-0.2, 0) is 13.0 Å².